The standard InChI is InChI=1S/C24H24ClN3O3/c1-14(2)31-23(30)18-12-28(22(29)15-6-5-7-16(25)10-15)13-24(3,4)20-17-11-26-9-8-19(17)27-21(18)20/h5-12,14,27H,13H2,1-4H3. The molecule has 4 rings (SSSR count). The number of hydrogen-bond donors (Lipinski definition) is 1. The number of aromatic nitrogens is 2. The molecule has 0 spiro atoms. The summed E-state index contributed by atoms with van der Waals surface area (Å²) in [7, 11) is 0. The fraction of sp³-hybridized carbons (Fsp3) is 0.292. The number of pyridine rings is 1. The number of fused-ring (bicyclic) bond motifs is 3. The van der Waals surface area contributed by atoms with Gasteiger partial charge in [-0.15, -0.1) is 0 Å². The van der Waals surface area contributed by atoms with E-state index in [4.69, 9.17) is 16.3 Å². The second-order valence-electron chi connectivity index (χ2n) is 8.62. The van der Waals surface area contributed by atoms with E-state index in [0.717, 1.165) is 16.5 Å². The lowest BCUT2D eigenvalue weighted by atomic mass is 9.82. The van der Waals surface area contributed by atoms with Gasteiger partial charge >= 0.3 is 5.97 Å². The van der Waals surface area contributed by atoms with Crippen molar-refractivity contribution in [1.29, 1.82) is 0 Å². The average molecular weight is 438 g/mol. The van der Waals surface area contributed by atoms with E-state index in [9.17, 15) is 9.59 Å². The lowest BCUT2D eigenvalue weighted by molar-refractivity contribution is -0.140. The zero-order valence-corrected chi connectivity index (χ0v) is 18.7. The van der Waals surface area contributed by atoms with E-state index in [1.165, 1.54) is 0 Å². The molecular weight excluding hydrogens is 414 g/mol. The summed E-state index contributed by atoms with van der Waals surface area (Å²) in [5, 5.41) is 1.40. The number of benzene rings is 1. The van der Waals surface area contributed by atoms with Gasteiger partial charge in [-0.25, -0.2) is 4.79 Å². The maximum Gasteiger partial charge on any atom is 0.342 e. The Labute approximate surface area is 185 Å². The smallest absolute Gasteiger partial charge is 0.342 e. The number of amides is 1. The fourth-order valence-electron chi connectivity index (χ4n) is 4.06. The number of hydrogen-bond acceptors (Lipinski definition) is 4. The predicted octanol–water partition coefficient (Wildman–Crippen LogP) is 4.94. The first kappa shape index (κ1) is 21.1. The van der Waals surface area contributed by atoms with Crippen LogP contribution >= 0.6 is 11.6 Å². The summed E-state index contributed by atoms with van der Waals surface area (Å²) in [6.07, 6.45) is 4.78. The van der Waals surface area contributed by atoms with Crippen LogP contribution in [0.1, 0.15) is 49.3 Å². The number of aromatic amines is 1. The lowest BCUT2D eigenvalue weighted by Crippen LogP contribution is -2.37. The zero-order valence-electron chi connectivity index (χ0n) is 17.9. The van der Waals surface area contributed by atoms with E-state index in [1.807, 2.05) is 6.07 Å². The highest BCUT2D eigenvalue weighted by molar-refractivity contribution is 6.31. The topological polar surface area (TPSA) is 75.3 Å². The van der Waals surface area contributed by atoms with Crippen LogP contribution in [0.4, 0.5) is 0 Å². The number of carbonyl (C=O) groups is 2. The molecule has 0 bridgehead atoms. The van der Waals surface area contributed by atoms with Gasteiger partial charge in [0, 0.05) is 52.0 Å². The van der Waals surface area contributed by atoms with E-state index < -0.39 is 11.4 Å². The van der Waals surface area contributed by atoms with Gasteiger partial charge in [-0.3, -0.25) is 9.78 Å². The van der Waals surface area contributed by atoms with E-state index in [0.29, 0.717) is 28.4 Å². The minimum atomic E-state index is -0.489. The molecular formula is C24H24ClN3O3. The maximum atomic E-state index is 13.4. The Morgan fingerprint density at radius 2 is 2.03 bits per heavy atom. The number of esters is 1. The van der Waals surface area contributed by atoms with Crippen molar-refractivity contribution in [1.82, 2.24) is 14.9 Å². The number of halogens is 1. The quantitative estimate of drug-likeness (QED) is 0.588. The summed E-state index contributed by atoms with van der Waals surface area (Å²) in [6, 6.07) is 8.67. The van der Waals surface area contributed by atoms with Crippen LogP contribution in [0, 0.1) is 0 Å². The summed E-state index contributed by atoms with van der Waals surface area (Å²) in [6.45, 7) is 8.06. The normalized spacial score (nSPS) is 15.4. The molecule has 160 valence electrons. The number of carbonyl (C=O) groups excluding carboxylic acids is 2. The molecule has 0 radical (unpaired) electrons. The molecule has 0 saturated carbocycles. The Morgan fingerprint density at radius 1 is 1.26 bits per heavy atom. The van der Waals surface area contributed by atoms with E-state index in [1.54, 1.807) is 61.6 Å². The molecule has 7 heteroatoms. The molecule has 6 nitrogen and oxygen atoms in total. The van der Waals surface area contributed by atoms with E-state index >= 15 is 0 Å². The van der Waals surface area contributed by atoms with Crippen molar-refractivity contribution in [2.45, 2.75) is 39.2 Å². The largest absolute Gasteiger partial charge is 0.459 e. The van der Waals surface area contributed by atoms with E-state index in [-0.39, 0.29) is 12.0 Å². The SMILES string of the molecule is CC(C)OC(=O)C1=CN(C(=O)c2cccc(Cl)c2)CC(C)(C)c2c1[nH]c1ccncc21. The van der Waals surface area contributed by atoms with Crippen molar-refractivity contribution in [2.24, 2.45) is 0 Å². The number of H-pyrrole nitrogens is 1. The van der Waals surface area contributed by atoms with Crippen molar-refractivity contribution in [3.8, 4) is 0 Å². The van der Waals surface area contributed by atoms with Gasteiger partial charge in [-0.05, 0) is 43.7 Å². The molecule has 0 unspecified atom stereocenters. The van der Waals surface area contributed by atoms with Crippen molar-refractivity contribution in [3.05, 3.63) is 70.8 Å². The lowest BCUT2D eigenvalue weighted by Gasteiger charge is -2.29. The molecule has 31 heavy (non-hydrogen) atoms. The summed E-state index contributed by atoms with van der Waals surface area (Å²) in [4.78, 5) is 35.6. The average Bonchev–Trinajstić information content (AvgIpc) is 3.04. The van der Waals surface area contributed by atoms with Crippen LogP contribution in [0.3, 0.4) is 0 Å². The third-order valence-corrected chi connectivity index (χ3v) is 5.53. The molecule has 3 aromatic rings. The third kappa shape index (κ3) is 3.95. The minimum Gasteiger partial charge on any atom is -0.459 e. The van der Waals surface area contributed by atoms with Gasteiger partial charge < -0.3 is 14.6 Å². The van der Waals surface area contributed by atoms with Crippen LogP contribution < -0.4 is 0 Å². The second kappa shape index (κ2) is 7.85. The van der Waals surface area contributed by atoms with Crippen LogP contribution in [0.25, 0.3) is 16.5 Å². The fourth-order valence-corrected chi connectivity index (χ4v) is 4.25. The number of nitrogens with one attached hydrogen (secondary N) is 1. The summed E-state index contributed by atoms with van der Waals surface area (Å²) in [5.41, 5.74) is 2.75. The predicted molar refractivity (Wildman–Crippen MR) is 121 cm³/mol. The Morgan fingerprint density at radius 3 is 2.74 bits per heavy atom. The Bertz CT molecular complexity index is 1210. The van der Waals surface area contributed by atoms with Gasteiger partial charge in [0.15, 0.2) is 0 Å². The molecule has 2 aromatic heterocycles. The van der Waals surface area contributed by atoms with E-state index in [2.05, 4.69) is 23.8 Å². The van der Waals surface area contributed by atoms with Gasteiger partial charge in [0.2, 0.25) is 0 Å². The highest BCUT2D eigenvalue weighted by atomic mass is 35.5. The first-order valence-electron chi connectivity index (χ1n) is 10.1. The van der Waals surface area contributed by atoms with Gasteiger partial charge in [0.25, 0.3) is 5.91 Å². The Balaban J connectivity index is 1.90. The molecule has 3 heterocycles. The van der Waals surface area contributed by atoms with Gasteiger partial charge in [0.1, 0.15) is 0 Å². The molecule has 1 N–H and O–H groups in total. The number of rotatable bonds is 3. The summed E-state index contributed by atoms with van der Waals surface area (Å²) < 4.78 is 5.52. The molecule has 1 aromatic carbocycles. The van der Waals surface area contributed by atoms with Gasteiger partial charge in [-0.2, -0.15) is 0 Å². The summed E-state index contributed by atoms with van der Waals surface area (Å²) in [5.74, 6) is -0.727. The Hall–Kier alpha value is -3.12. The van der Waals surface area contributed by atoms with Crippen molar-refractivity contribution in [2.75, 3.05) is 6.54 Å². The van der Waals surface area contributed by atoms with Crippen LogP contribution in [0.15, 0.2) is 48.9 Å². The van der Waals surface area contributed by atoms with Crippen molar-refractivity contribution < 1.29 is 14.3 Å². The van der Waals surface area contributed by atoms with Crippen LogP contribution in [-0.2, 0) is 14.9 Å². The van der Waals surface area contributed by atoms with Crippen LogP contribution in [-0.4, -0.2) is 39.4 Å². The molecule has 1 aliphatic rings. The number of ether oxygens (including phenoxy) is 1. The van der Waals surface area contributed by atoms with Crippen molar-refractivity contribution >= 4 is 40.0 Å². The third-order valence-electron chi connectivity index (χ3n) is 5.29. The minimum absolute atomic E-state index is 0.238. The molecule has 0 saturated heterocycles. The van der Waals surface area contributed by atoms with Crippen LogP contribution in [0.2, 0.25) is 5.02 Å². The monoisotopic (exact) mass is 437 g/mol. The second-order valence-corrected chi connectivity index (χ2v) is 9.06. The zero-order chi connectivity index (χ0) is 22.3. The van der Waals surface area contributed by atoms with Gasteiger partial charge in [-0.1, -0.05) is 31.5 Å². The first-order valence-corrected chi connectivity index (χ1v) is 10.5. The Kier molecular flexibility index (Phi) is 5.35. The number of nitrogens with zero attached hydrogens (tertiary/aromatic N) is 2. The molecule has 0 atom stereocenters. The highest BCUT2D eigenvalue weighted by Gasteiger charge is 2.37. The molecule has 0 aliphatic carbocycles. The summed E-state index contributed by atoms with van der Waals surface area (Å²) >= 11 is 6.10. The molecule has 0 fully saturated rings. The van der Waals surface area contributed by atoms with Crippen LogP contribution in [0.5, 0.6) is 0 Å². The molecule has 1 amide bonds. The van der Waals surface area contributed by atoms with Gasteiger partial charge in [0.05, 0.1) is 17.4 Å². The maximum absolute atomic E-state index is 13.4. The first-order chi connectivity index (χ1) is 14.7. The van der Waals surface area contributed by atoms with Crippen molar-refractivity contribution in [3.63, 3.8) is 0 Å². The molecule has 1 aliphatic heterocycles. The highest BCUT2D eigenvalue weighted by Crippen LogP contribution is 2.40.